The molecule has 0 saturated heterocycles. The maximum Gasteiger partial charge on any atom is 0.267 e. The highest BCUT2D eigenvalue weighted by atomic mass is 16.7. The van der Waals surface area contributed by atoms with Crippen molar-refractivity contribution in [3.05, 3.63) is 71.8 Å². The molecule has 1 amide bonds. The Morgan fingerprint density at radius 2 is 1.48 bits per heavy atom. The fraction of sp³-hybridized carbons (Fsp3) is 0.176. The van der Waals surface area contributed by atoms with Crippen LogP contribution in [0.4, 0.5) is 0 Å². The second-order valence-corrected chi connectivity index (χ2v) is 4.47. The van der Waals surface area contributed by atoms with Gasteiger partial charge >= 0.3 is 0 Å². The number of likely N-dealkylation sites (N-methyl/N-ethyl adjacent to an activating group) is 1. The SMILES string of the molecule is CON(C)C(=O)CN=C(c1ccccc1)c1ccccc1. The van der Waals surface area contributed by atoms with Crippen LogP contribution in [-0.4, -0.2) is 37.4 Å². The molecule has 0 spiro atoms. The van der Waals surface area contributed by atoms with Gasteiger partial charge in [-0.3, -0.25) is 14.6 Å². The average molecular weight is 282 g/mol. The number of rotatable bonds is 5. The van der Waals surface area contributed by atoms with Crippen molar-refractivity contribution < 1.29 is 9.63 Å². The fourth-order valence-electron chi connectivity index (χ4n) is 1.89. The summed E-state index contributed by atoms with van der Waals surface area (Å²) >= 11 is 0. The summed E-state index contributed by atoms with van der Waals surface area (Å²) in [5.74, 6) is -0.193. The Labute approximate surface area is 124 Å². The summed E-state index contributed by atoms with van der Waals surface area (Å²) in [4.78, 5) is 21.2. The molecule has 108 valence electrons. The van der Waals surface area contributed by atoms with Gasteiger partial charge in [-0.05, 0) is 0 Å². The van der Waals surface area contributed by atoms with Gasteiger partial charge in [0.25, 0.3) is 5.91 Å². The van der Waals surface area contributed by atoms with Crippen molar-refractivity contribution in [3.63, 3.8) is 0 Å². The molecule has 0 unspecified atom stereocenters. The largest absolute Gasteiger partial charge is 0.275 e. The van der Waals surface area contributed by atoms with Crippen LogP contribution >= 0.6 is 0 Å². The maximum atomic E-state index is 11.8. The number of hydrogen-bond donors (Lipinski definition) is 0. The van der Waals surface area contributed by atoms with E-state index in [-0.39, 0.29) is 12.5 Å². The molecule has 0 aliphatic carbocycles. The minimum Gasteiger partial charge on any atom is -0.275 e. The summed E-state index contributed by atoms with van der Waals surface area (Å²) in [6, 6.07) is 19.7. The monoisotopic (exact) mass is 282 g/mol. The van der Waals surface area contributed by atoms with E-state index in [1.165, 1.54) is 12.2 Å². The number of carbonyl (C=O) groups is 1. The first-order valence-corrected chi connectivity index (χ1v) is 6.68. The van der Waals surface area contributed by atoms with Gasteiger partial charge in [-0.1, -0.05) is 60.7 Å². The third kappa shape index (κ3) is 4.00. The van der Waals surface area contributed by atoms with Gasteiger partial charge in [0.15, 0.2) is 0 Å². The van der Waals surface area contributed by atoms with Gasteiger partial charge in [0.1, 0.15) is 6.54 Å². The molecule has 2 aromatic rings. The third-order valence-electron chi connectivity index (χ3n) is 3.09. The van der Waals surface area contributed by atoms with E-state index in [4.69, 9.17) is 4.84 Å². The van der Waals surface area contributed by atoms with Crippen LogP contribution in [-0.2, 0) is 9.63 Å². The second-order valence-electron chi connectivity index (χ2n) is 4.47. The quantitative estimate of drug-likeness (QED) is 0.624. The molecule has 0 aliphatic rings. The molecule has 0 saturated carbocycles. The molecule has 2 aromatic carbocycles. The van der Waals surface area contributed by atoms with Gasteiger partial charge in [0.05, 0.1) is 12.8 Å². The topological polar surface area (TPSA) is 41.9 Å². The van der Waals surface area contributed by atoms with Crippen molar-refractivity contribution >= 4 is 11.6 Å². The number of aliphatic imine (C=N–C) groups is 1. The Bertz CT molecular complexity index is 568. The van der Waals surface area contributed by atoms with Crippen molar-refractivity contribution in [2.75, 3.05) is 20.7 Å². The molecule has 0 bridgehead atoms. The Morgan fingerprint density at radius 1 is 1.00 bits per heavy atom. The molecule has 0 heterocycles. The molecule has 4 heteroatoms. The first-order chi connectivity index (χ1) is 10.2. The molecule has 0 aliphatic heterocycles. The minimum atomic E-state index is -0.193. The van der Waals surface area contributed by atoms with Gasteiger partial charge in [0.2, 0.25) is 0 Å². The highest BCUT2D eigenvalue weighted by Gasteiger charge is 2.10. The first kappa shape index (κ1) is 14.9. The molecule has 0 N–H and O–H groups in total. The number of carbonyl (C=O) groups excluding carboxylic acids is 1. The molecule has 0 fully saturated rings. The lowest BCUT2D eigenvalue weighted by molar-refractivity contribution is -0.166. The van der Waals surface area contributed by atoms with Crippen molar-refractivity contribution in [3.8, 4) is 0 Å². The van der Waals surface area contributed by atoms with Crippen molar-refractivity contribution in [2.45, 2.75) is 0 Å². The standard InChI is InChI=1S/C17H18N2O2/c1-19(21-2)16(20)13-18-17(14-9-5-3-6-10-14)15-11-7-4-8-12-15/h3-12H,13H2,1-2H3. The molecular weight excluding hydrogens is 264 g/mol. The van der Waals surface area contributed by atoms with Gasteiger partial charge in [-0.15, -0.1) is 0 Å². The summed E-state index contributed by atoms with van der Waals surface area (Å²) in [6.07, 6.45) is 0. The van der Waals surface area contributed by atoms with E-state index >= 15 is 0 Å². The van der Waals surface area contributed by atoms with Gasteiger partial charge in [-0.25, -0.2) is 5.06 Å². The lowest BCUT2D eigenvalue weighted by Crippen LogP contribution is -2.28. The number of nitrogens with zero attached hydrogens (tertiary/aromatic N) is 2. The van der Waals surface area contributed by atoms with Crippen LogP contribution < -0.4 is 0 Å². The molecule has 0 atom stereocenters. The van der Waals surface area contributed by atoms with Gasteiger partial charge < -0.3 is 0 Å². The molecule has 0 radical (unpaired) electrons. The van der Waals surface area contributed by atoms with Crippen molar-refractivity contribution in [1.82, 2.24) is 5.06 Å². The normalized spacial score (nSPS) is 10.0. The predicted molar refractivity (Wildman–Crippen MR) is 83.2 cm³/mol. The highest BCUT2D eigenvalue weighted by Crippen LogP contribution is 2.11. The van der Waals surface area contributed by atoms with Crippen molar-refractivity contribution in [1.29, 1.82) is 0 Å². The summed E-state index contributed by atoms with van der Waals surface area (Å²) in [6.45, 7) is 0.0451. The van der Waals surface area contributed by atoms with Crippen LogP contribution in [0.5, 0.6) is 0 Å². The molecule has 4 nitrogen and oxygen atoms in total. The van der Waals surface area contributed by atoms with E-state index < -0.39 is 0 Å². The van der Waals surface area contributed by atoms with Crippen LogP contribution in [0.25, 0.3) is 0 Å². The smallest absolute Gasteiger partial charge is 0.267 e. The summed E-state index contributed by atoms with van der Waals surface area (Å²) in [5.41, 5.74) is 2.77. The van der Waals surface area contributed by atoms with Gasteiger partial charge in [0, 0.05) is 18.2 Å². The van der Waals surface area contributed by atoms with Crippen LogP contribution in [0, 0.1) is 0 Å². The Balaban J connectivity index is 2.31. The summed E-state index contributed by atoms with van der Waals surface area (Å²) < 4.78 is 0. The zero-order chi connectivity index (χ0) is 15.1. The zero-order valence-corrected chi connectivity index (χ0v) is 12.2. The van der Waals surface area contributed by atoms with Gasteiger partial charge in [-0.2, -0.15) is 0 Å². The molecule has 2 rings (SSSR count). The predicted octanol–water partition coefficient (Wildman–Crippen LogP) is 2.54. The minimum absolute atomic E-state index is 0.0451. The Morgan fingerprint density at radius 3 is 1.90 bits per heavy atom. The Kier molecular flexibility index (Phi) is 5.23. The molecule has 21 heavy (non-hydrogen) atoms. The van der Waals surface area contributed by atoms with Crippen molar-refractivity contribution in [2.24, 2.45) is 4.99 Å². The van der Waals surface area contributed by atoms with E-state index in [9.17, 15) is 4.79 Å². The maximum absolute atomic E-state index is 11.8. The van der Waals surface area contributed by atoms with Crippen LogP contribution in [0.15, 0.2) is 65.7 Å². The average Bonchev–Trinajstić information content (AvgIpc) is 2.56. The van der Waals surface area contributed by atoms with Crippen LogP contribution in [0.1, 0.15) is 11.1 Å². The van der Waals surface area contributed by atoms with Crippen LogP contribution in [0.2, 0.25) is 0 Å². The number of hydroxylamine groups is 2. The van der Waals surface area contributed by atoms with E-state index in [0.29, 0.717) is 0 Å². The lowest BCUT2D eigenvalue weighted by atomic mass is 10.0. The van der Waals surface area contributed by atoms with E-state index in [1.807, 2.05) is 60.7 Å². The zero-order valence-electron chi connectivity index (χ0n) is 12.2. The van der Waals surface area contributed by atoms with E-state index in [0.717, 1.165) is 16.8 Å². The first-order valence-electron chi connectivity index (χ1n) is 6.68. The fourth-order valence-corrected chi connectivity index (χ4v) is 1.89. The number of benzene rings is 2. The molecular formula is C17H18N2O2. The lowest BCUT2D eigenvalue weighted by Gasteiger charge is -2.13. The number of hydrogen-bond acceptors (Lipinski definition) is 3. The van der Waals surface area contributed by atoms with E-state index in [2.05, 4.69) is 4.99 Å². The van der Waals surface area contributed by atoms with Crippen LogP contribution in [0.3, 0.4) is 0 Å². The number of amides is 1. The summed E-state index contributed by atoms with van der Waals surface area (Å²) in [5, 5.41) is 1.18. The third-order valence-corrected chi connectivity index (χ3v) is 3.09. The van der Waals surface area contributed by atoms with E-state index in [1.54, 1.807) is 7.05 Å². The molecule has 0 aromatic heterocycles. The Hall–Kier alpha value is -2.46. The highest BCUT2D eigenvalue weighted by molar-refractivity contribution is 6.13. The second kappa shape index (κ2) is 7.36. The summed E-state index contributed by atoms with van der Waals surface area (Å²) in [7, 11) is 3.03.